The number of ether oxygens (including phenoxy) is 1. The van der Waals surface area contributed by atoms with Gasteiger partial charge in [0.25, 0.3) is 5.91 Å². The van der Waals surface area contributed by atoms with Gasteiger partial charge in [-0.1, -0.05) is 18.2 Å². The molecule has 8 heteroatoms. The van der Waals surface area contributed by atoms with Gasteiger partial charge in [-0.3, -0.25) is 4.79 Å². The summed E-state index contributed by atoms with van der Waals surface area (Å²) in [6.07, 6.45) is 3.90. The van der Waals surface area contributed by atoms with Crippen LogP contribution in [0.5, 0.6) is 0 Å². The number of nitrogens with zero attached hydrogens (tertiary/aromatic N) is 3. The third-order valence-electron chi connectivity index (χ3n) is 5.92. The summed E-state index contributed by atoms with van der Waals surface area (Å²) in [6.45, 7) is 0.237. The fraction of sp³-hybridized carbons (Fsp3) is 0.111. The van der Waals surface area contributed by atoms with E-state index in [2.05, 4.69) is 0 Å². The van der Waals surface area contributed by atoms with Gasteiger partial charge in [0.2, 0.25) is 0 Å². The van der Waals surface area contributed by atoms with Gasteiger partial charge in [-0.2, -0.15) is 0 Å². The van der Waals surface area contributed by atoms with E-state index in [-0.39, 0.29) is 18.1 Å². The molecule has 0 spiro atoms. The molecule has 0 saturated heterocycles. The summed E-state index contributed by atoms with van der Waals surface area (Å²) >= 11 is 0. The Kier molecular flexibility index (Phi) is 5.11. The van der Waals surface area contributed by atoms with Crippen LogP contribution < -0.4 is 4.90 Å². The van der Waals surface area contributed by atoms with Gasteiger partial charge in [-0.25, -0.2) is 14.8 Å². The minimum Gasteiger partial charge on any atom is -0.463 e. The van der Waals surface area contributed by atoms with Crippen LogP contribution in [0.3, 0.4) is 0 Å². The normalized spacial score (nSPS) is 12.6. The molecule has 2 aromatic carbocycles. The quantitative estimate of drug-likeness (QED) is 0.341. The molecule has 0 saturated carbocycles. The summed E-state index contributed by atoms with van der Waals surface area (Å²) in [6, 6.07) is 19.7. The first-order valence-electron chi connectivity index (χ1n) is 11.1. The SMILES string of the molecule is O=C(OCC(=O)N1CCc2ccccc21)c1ccc2nc(-c3ccco3)c(-c3ccco3)nc2c1. The van der Waals surface area contributed by atoms with Crippen molar-refractivity contribution in [3.63, 3.8) is 0 Å². The highest BCUT2D eigenvalue weighted by Gasteiger charge is 2.25. The standard InChI is InChI=1S/C27H19N3O5/c31-24(30-12-11-17-5-1-2-6-21(17)30)16-35-27(32)18-9-10-19-20(15-18)29-26(23-8-4-14-34-23)25(28-19)22-7-3-13-33-22/h1-10,13-15H,11-12,16H2. The fourth-order valence-corrected chi connectivity index (χ4v) is 4.24. The van der Waals surface area contributed by atoms with E-state index in [1.54, 1.807) is 59.9 Å². The molecule has 0 unspecified atom stereocenters. The summed E-state index contributed by atoms with van der Waals surface area (Å²) < 4.78 is 16.4. The van der Waals surface area contributed by atoms with Crippen LogP contribution in [0.25, 0.3) is 33.9 Å². The molecule has 4 heterocycles. The maximum Gasteiger partial charge on any atom is 0.338 e. The predicted octanol–water partition coefficient (Wildman–Crippen LogP) is 4.90. The minimum absolute atomic E-state index is 0.257. The summed E-state index contributed by atoms with van der Waals surface area (Å²) in [5.41, 5.74) is 4.34. The molecule has 0 aliphatic carbocycles. The number of carbonyl (C=O) groups excluding carboxylic acids is 2. The van der Waals surface area contributed by atoms with Crippen molar-refractivity contribution in [1.82, 2.24) is 9.97 Å². The molecule has 6 rings (SSSR count). The van der Waals surface area contributed by atoms with Crippen molar-refractivity contribution in [2.24, 2.45) is 0 Å². The van der Waals surface area contributed by atoms with Gasteiger partial charge >= 0.3 is 5.97 Å². The Morgan fingerprint density at radius 2 is 1.57 bits per heavy atom. The Morgan fingerprint density at radius 3 is 2.29 bits per heavy atom. The zero-order valence-electron chi connectivity index (χ0n) is 18.5. The van der Waals surface area contributed by atoms with E-state index in [1.807, 2.05) is 24.3 Å². The molecule has 3 aromatic heterocycles. The number of fused-ring (bicyclic) bond motifs is 2. The lowest BCUT2D eigenvalue weighted by atomic mass is 10.1. The molecule has 172 valence electrons. The molecule has 35 heavy (non-hydrogen) atoms. The molecule has 0 atom stereocenters. The fourth-order valence-electron chi connectivity index (χ4n) is 4.24. The Hall–Kier alpha value is -4.72. The maximum atomic E-state index is 12.7. The third-order valence-corrected chi connectivity index (χ3v) is 5.92. The highest BCUT2D eigenvalue weighted by Crippen LogP contribution is 2.32. The Morgan fingerprint density at radius 1 is 0.857 bits per heavy atom. The van der Waals surface area contributed by atoms with E-state index in [9.17, 15) is 9.59 Å². The number of carbonyl (C=O) groups is 2. The highest BCUT2D eigenvalue weighted by atomic mass is 16.5. The Labute approximate surface area is 199 Å². The summed E-state index contributed by atoms with van der Waals surface area (Å²) in [5.74, 6) is 0.211. The predicted molar refractivity (Wildman–Crippen MR) is 128 cm³/mol. The van der Waals surface area contributed by atoms with Gasteiger partial charge in [-0.05, 0) is 60.5 Å². The number of para-hydroxylation sites is 1. The third kappa shape index (κ3) is 3.85. The molecular weight excluding hydrogens is 446 g/mol. The van der Waals surface area contributed by atoms with Crippen molar-refractivity contribution in [1.29, 1.82) is 0 Å². The van der Waals surface area contributed by atoms with E-state index in [0.717, 1.165) is 17.7 Å². The molecule has 1 amide bonds. The van der Waals surface area contributed by atoms with Gasteiger partial charge in [0.1, 0.15) is 11.4 Å². The molecule has 0 radical (unpaired) electrons. The molecule has 1 aliphatic heterocycles. The second-order valence-corrected chi connectivity index (χ2v) is 8.08. The summed E-state index contributed by atoms with van der Waals surface area (Å²) in [5, 5.41) is 0. The lowest BCUT2D eigenvalue weighted by molar-refractivity contribution is -0.121. The van der Waals surface area contributed by atoms with Crippen LogP contribution in [-0.4, -0.2) is 35.0 Å². The van der Waals surface area contributed by atoms with Crippen molar-refractivity contribution >= 4 is 28.6 Å². The average Bonchev–Trinajstić information content (AvgIpc) is 3.68. The van der Waals surface area contributed by atoms with Crippen LogP contribution >= 0.6 is 0 Å². The number of furan rings is 2. The first kappa shape index (κ1) is 20.9. The number of amides is 1. The molecule has 5 aromatic rings. The Bertz CT molecular complexity index is 1540. The first-order valence-corrected chi connectivity index (χ1v) is 11.1. The van der Waals surface area contributed by atoms with E-state index >= 15 is 0 Å². The van der Waals surface area contributed by atoms with E-state index in [4.69, 9.17) is 23.5 Å². The van der Waals surface area contributed by atoms with Crippen LogP contribution in [0.2, 0.25) is 0 Å². The van der Waals surface area contributed by atoms with Gasteiger partial charge < -0.3 is 18.5 Å². The number of rotatable bonds is 5. The highest BCUT2D eigenvalue weighted by molar-refractivity contribution is 5.99. The lowest BCUT2D eigenvalue weighted by Gasteiger charge is -2.17. The van der Waals surface area contributed by atoms with Crippen LogP contribution in [0.15, 0.2) is 88.1 Å². The number of hydrogen-bond donors (Lipinski definition) is 0. The van der Waals surface area contributed by atoms with Gasteiger partial charge in [0.05, 0.1) is 29.1 Å². The monoisotopic (exact) mass is 465 g/mol. The average molecular weight is 465 g/mol. The summed E-state index contributed by atoms with van der Waals surface area (Å²) in [7, 11) is 0. The second kappa shape index (κ2) is 8.57. The second-order valence-electron chi connectivity index (χ2n) is 8.08. The van der Waals surface area contributed by atoms with Crippen molar-refractivity contribution in [3.05, 3.63) is 90.4 Å². The van der Waals surface area contributed by atoms with Crippen LogP contribution in [-0.2, 0) is 16.0 Å². The number of hydrogen-bond acceptors (Lipinski definition) is 7. The van der Waals surface area contributed by atoms with Crippen LogP contribution in [0, 0.1) is 0 Å². The van der Waals surface area contributed by atoms with Gasteiger partial charge in [0, 0.05) is 12.2 Å². The van der Waals surface area contributed by atoms with Crippen LogP contribution in [0.4, 0.5) is 5.69 Å². The molecule has 0 bridgehead atoms. The minimum atomic E-state index is -0.607. The largest absolute Gasteiger partial charge is 0.463 e. The smallest absolute Gasteiger partial charge is 0.338 e. The van der Waals surface area contributed by atoms with Crippen molar-refractivity contribution < 1.29 is 23.2 Å². The number of aromatic nitrogens is 2. The van der Waals surface area contributed by atoms with Crippen LogP contribution in [0.1, 0.15) is 15.9 Å². The van der Waals surface area contributed by atoms with Gasteiger partial charge in [0.15, 0.2) is 18.1 Å². The molecule has 1 aliphatic rings. The summed E-state index contributed by atoms with van der Waals surface area (Å²) in [4.78, 5) is 36.5. The van der Waals surface area contributed by atoms with Crippen molar-refractivity contribution in [3.8, 4) is 22.9 Å². The van der Waals surface area contributed by atoms with E-state index in [0.29, 0.717) is 40.5 Å². The number of anilines is 1. The van der Waals surface area contributed by atoms with Gasteiger partial charge in [-0.15, -0.1) is 0 Å². The number of esters is 1. The van der Waals surface area contributed by atoms with Crippen molar-refractivity contribution in [2.45, 2.75) is 6.42 Å². The van der Waals surface area contributed by atoms with E-state index in [1.165, 1.54) is 0 Å². The molecule has 8 nitrogen and oxygen atoms in total. The lowest BCUT2D eigenvalue weighted by Crippen LogP contribution is -2.33. The topological polar surface area (TPSA) is 98.7 Å². The Balaban J connectivity index is 1.25. The number of benzene rings is 2. The maximum absolute atomic E-state index is 12.7. The zero-order chi connectivity index (χ0) is 23.8. The molecule has 0 N–H and O–H groups in total. The van der Waals surface area contributed by atoms with Crippen molar-refractivity contribution in [2.75, 3.05) is 18.1 Å². The molecule has 0 fully saturated rings. The van der Waals surface area contributed by atoms with E-state index < -0.39 is 5.97 Å². The first-order chi connectivity index (χ1) is 17.2. The molecular formula is C27H19N3O5. The zero-order valence-corrected chi connectivity index (χ0v) is 18.5.